The van der Waals surface area contributed by atoms with Crippen molar-refractivity contribution in [2.75, 3.05) is 12.3 Å². The minimum atomic E-state index is -1.03. The third kappa shape index (κ3) is 4.01. The van der Waals surface area contributed by atoms with Crippen LogP contribution in [0.25, 0.3) is 5.70 Å². The molecular formula is C15H17NO4S. The molecule has 0 aliphatic carbocycles. The number of benzene rings is 1. The lowest BCUT2D eigenvalue weighted by molar-refractivity contribution is -0.141. The highest BCUT2D eigenvalue weighted by atomic mass is 32.2. The van der Waals surface area contributed by atoms with Crippen LogP contribution >= 0.6 is 11.8 Å². The van der Waals surface area contributed by atoms with Gasteiger partial charge in [0.05, 0.1) is 17.6 Å². The summed E-state index contributed by atoms with van der Waals surface area (Å²) in [4.78, 5) is 24.1. The zero-order valence-corrected chi connectivity index (χ0v) is 12.7. The Morgan fingerprint density at radius 1 is 1.38 bits per heavy atom. The molecule has 0 aromatic heterocycles. The number of carbonyl (C=O) groups excluding carboxylic acids is 1. The normalized spacial score (nSPS) is 15.1. The molecule has 1 amide bonds. The van der Waals surface area contributed by atoms with Gasteiger partial charge < -0.3 is 9.84 Å². The van der Waals surface area contributed by atoms with E-state index in [1.54, 1.807) is 0 Å². The van der Waals surface area contributed by atoms with Crippen molar-refractivity contribution in [1.82, 2.24) is 4.90 Å². The third-order valence-electron chi connectivity index (χ3n) is 2.81. The zero-order valence-electron chi connectivity index (χ0n) is 11.9. The molecule has 1 aromatic rings. The quantitative estimate of drug-likeness (QED) is 0.905. The molecule has 0 bridgehead atoms. The predicted octanol–water partition coefficient (Wildman–Crippen LogP) is 2.43. The zero-order chi connectivity index (χ0) is 15.4. The van der Waals surface area contributed by atoms with Crippen molar-refractivity contribution in [1.29, 1.82) is 0 Å². The van der Waals surface area contributed by atoms with Gasteiger partial charge in [0.25, 0.3) is 0 Å². The van der Waals surface area contributed by atoms with Gasteiger partial charge in [0.1, 0.15) is 12.3 Å². The Kier molecular flexibility index (Phi) is 4.90. The van der Waals surface area contributed by atoms with Crippen molar-refractivity contribution in [2.45, 2.75) is 20.0 Å². The van der Waals surface area contributed by atoms with Crippen molar-refractivity contribution in [3.8, 4) is 5.75 Å². The van der Waals surface area contributed by atoms with Crippen LogP contribution in [0, 0.1) is 0 Å². The van der Waals surface area contributed by atoms with Crippen LogP contribution in [-0.4, -0.2) is 40.3 Å². The Morgan fingerprint density at radius 2 is 2.05 bits per heavy atom. The van der Waals surface area contributed by atoms with Crippen LogP contribution < -0.4 is 4.74 Å². The summed E-state index contributed by atoms with van der Waals surface area (Å²) >= 11 is 1.37. The molecule has 1 heterocycles. The molecule has 1 N–H and O–H groups in total. The molecule has 1 aliphatic rings. The predicted molar refractivity (Wildman–Crippen MR) is 82.0 cm³/mol. The molecule has 0 unspecified atom stereocenters. The topological polar surface area (TPSA) is 66.8 Å². The minimum Gasteiger partial charge on any atom is -0.491 e. The van der Waals surface area contributed by atoms with Crippen LogP contribution in [0.2, 0.25) is 0 Å². The largest absolute Gasteiger partial charge is 0.491 e. The molecule has 21 heavy (non-hydrogen) atoms. The van der Waals surface area contributed by atoms with Gasteiger partial charge in [0, 0.05) is 0 Å². The summed E-state index contributed by atoms with van der Waals surface area (Å²) in [5.41, 5.74) is 1.42. The highest BCUT2D eigenvalue weighted by Crippen LogP contribution is 2.29. The molecule has 2 rings (SSSR count). The molecule has 5 nitrogen and oxygen atoms in total. The van der Waals surface area contributed by atoms with E-state index in [4.69, 9.17) is 9.84 Å². The number of hydrogen-bond donors (Lipinski definition) is 1. The Hall–Kier alpha value is -1.95. The van der Waals surface area contributed by atoms with E-state index in [2.05, 4.69) is 0 Å². The maximum atomic E-state index is 11.9. The summed E-state index contributed by atoms with van der Waals surface area (Å²) in [6, 6.07) is 7.30. The first kappa shape index (κ1) is 15.4. The van der Waals surface area contributed by atoms with Crippen molar-refractivity contribution in [3.63, 3.8) is 0 Å². The van der Waals surface area contributed by atoms with Crippen LogP contribution in [0.5, 0.6) is 5.75 Å². The number of carboxylic acid groups (broad SMARTS) is 1. The van der Waals surface area contributed by atoms with Gasteiger partial charge in [-0.1, -0.05) is 0 Å². The second-order valence-electron chi connectivity index (χ2n) is 4.88. The summed E-state index contributed by atoms with van der Waals surface area (Å²) in [6.07, 6.45) is 0.0883. The monoisotopic (exact) mass is 307 g/mol. The van der Waals surface area contributed by atoms with Gasteiger partial charge >= 0.3 is 5.97 Å². The van der Waals surface area contributed by atoms with Gasteiger partial charge in [-0.05, 0) is 49.1 Å². The van der Waals surface area contributed by atoms with E-state index in [0.29, 0.717) is 5.70 Å². The first-order chi connectivity index (χ1) is 9.97. The maximum absolute atomic E-state index is 11.9. The second-order valence-corrected chi connectivity index (χ2v) is 5.74. The van der Waals surface area contributed by atoms with E-state index in [-0.39, 0.29) is 24.3 Å². The van der Waals surface area contributed by atoms with E-state index < -0.39 is 5.97 Å². The molecule has 0 spiro atoms. The van der Waals surface area contributed by atoms with Crippen LogP contribution in [0.1, 0.15) is 19.4 Å². The van der Waals surface area contributed by atoms with Gasteiger partial charge in [0.15, 0.2) is 0 Å². The Balaban J connectivity index is 2.23. The van der Waals surface area contributed by atoms with E-state index in [0.717, 1.165) is 11.3 Å². The molecule has 112 valence electrons. The second kappa shape index (κ2) is 6.67. The molecule has 6 heteroatoms. The van der Waals surface area contributed by atoms with Crippen molar-refractivity contribution < 1.29 is 19.4 Å². The molecule has 1 aromatic carbocycles. The van der Waals surface area contributed by atoms with Crippen molar-refractivity contribution in [3.05, 3.63) is 35.2 Å². The third-order valence-corrected chi connectivity index (χ3v) is 3.61. The number of rotatable bonds is 5. The fourth-order valence-electron chi connectivity index (χ4n) is 1.98. The standard InChI is InChI=1S/C15H17NO4S/c1-10(2)20-12-5-3-11(4-6-12)13-8-21-9-14(17)16(13)7-15(18)19/h3-6,8,10H,7,9H2,1-2H3,(H,18,19). The summed E-state index contributed by atoms with van der Waals surface area (Å²) in [7, 11) is 0. The number of aliphatic carboxylic acids is 1. The first-order valence-electron chi connectivity index (χ1n) is 6.58. The van der Waals surface area contributed by atoms with E-state index in [1.165, 1.54) is 16.7 Å². The minimum absolute atomic E-state index is 0.0883. The fourth-order valence-corrected chi connectivity index (χ4v) is 2.78. The van der Waals surface area contributed by atoms with Crippen LogP contribution in [-0.2, 0) is 9.59 Å². The number of thioether (sulfide) groups is 1. The smallest absolute Gasteiger partial charge is 0.323 e. The maximum Gasteiger partial charge on any atom is 0.323 e. The highest BCUT2D eigenvalue weighted by molar-refractivity contribution is 8.03. The van der Waals surface area contributed by atoms with E-state index in [1.807, 2.05) is 43.5 Å². The number of ether oxygens (including phenoxy) is 1. The number of amides is 1. The Bertz CT molecular complexity index is 566. The SMILES string of the molecule is CC(C)Oc1ccc(C2=CSCC(=O)N2CC(=O)O)cc1. The molecule has 1 aliphatic heterocycles. The van der Waals surface area contributed by atoms with Crippen LogP contribution in [0.3, 0.4) is 0 Å². The average molecular weight is 307 g/mol. The summed E-state index contributed by atoms with van der Waals surface area (Å²) in [6.45, 7) is 3.57. The fraction of sp³-hybridized carbons (Fsp3) is 0.333. The Morgan fingerprint density at radius 3 is 2.62 bits per heavy atom. The summed E-state index contributed by atoms with van der Waals surface area (Å²) < 4.78 is 5.57. The lowest BCUT2D eigenvalue weighted by Gasteiger charge is -2.27. The summed E-state index contributed by atoms with van der Waals surface area (Å²) in [5, 5.41) is 10.8. The van der Waals surface area contributed by atoms with E-state index in [9.17, 15) is 9.59 Å². The number of carboxylic acids is 1. The Labute approximate surface area is 127 Å². The van der Waals surface area contributed by atoms with Crippen LogP contribution in [0.15, 0.2) is 29.7 Å². The molecule has 0 radical (unpaired) electrons. The molecule has 0 saturated heterocycles. The van der Waals surface area contributed by atoms with Crippen molar-refractivity contribution in [2.24, 2.45) is 0 Å². The lowest BCUT2D eigenvalue weighted by atomic mass is 10.1. The highest BCUT2D eigenvalue weighted by Gasteiger charge is 2.25. The molecule has 0 saturated carbocycles. The molecular weight excluding hydrogens is 290 g/mol. The van der Waals surface area contributed by atoms with Gasteiger partial charge in [-0.25, -0.2) is 0 Å². The van der Waals surface area contributed by atoms with Crippen molar-refractivity contribution >= 4 is 29.3 Å². The summed E-state index contributed by atoms with van der Waals surface area (Å²) in [5.74, 6) is -0.206. The molecule has 0 atom stereocenters. The number of carbonyl (C=O) groups is 2. The van der Waals surface area contributed by atoms with E-state index >= 15 is 0 Å². The first-order valence-corrected chi connectivity index (χ1v) is 7.63. The molecule has 0 fully saturated rings. The van der Waals surface area contributed by atoms with Crippen LogP contribution in [0.4, 0.5) is 0 Å². The number of hydrogen-bond acceptors (Lipinski definition) is 4. The van der Waals surface area contributed by atoms with Gasteiger partial charge in [-0.15, -0.1) is 11.8 Å². The van der Waals surface area contributed by atoms with Gasteiger partial charge in [-0.3, -0.25) is 14.5 Å². The number of nitrogens with zero attached hydrogens (tertiary/aromatic N) is 1. The lowest BCUT2D eigenvalue weighted by Crippen LogP contribution is -2.37. The van der Waals surface area contributed by atoms with Gasteiger partial charge in [0.2, 0.25) is 5.91 Å². The average Bonchev–Trinajstić information content (AvgIpc) is 2.41. The van der Waals surface area contributed by atoms with Gasteiger partial charge in [-0.2, -0.15) is 0 Å².